The molecule has 21 heavy (non-hydrogen) atoms. The van der Waals surface area contributed by atoms with Gasteiger partial charge < -0.3 is 9.64 Å². The highest BCUT2D eigenvalue weighted by Crippen LogP contribution is 2.47. The smallest absolute Gasteiger partial charge is 0.120 e. The molecule has 0 bridgehead atoms. The van der Waals surface area contributed by atoms with Gasteiger partial charge in [-0.1, -0.05) is 18.2 Å². The Morgan fingerprint density at radius 3 is 2.48 bits per heavy atom. The number of para-hydroxylation sites is 1. The van der Waals surface area contributed by atoms with Crippen LogP contribution in [0.15, 0.2) is 47.4 Å². The van der Waals surface area contributed by atoms with Crippen LogP contribution in [0.5, 0.6) is 5.75 Å². The first-order valence-corrected chi connectivity index (χ1v) is 8.16. The third-order valence-electron chi connectivity index (χ3n) is 4.03. The van der Waals surface area contributed by atoms with E-state index >= 15 is 0 Å². The number of anilines is 2. The summed E-state index contributed by atoms with van der Waals surface area (Å²) in [5, 5.41) is 0. The molecular weight excluding hydrogens is 278 g/mol. The summed E-state index contributed by atoms with van der Waals surface area (Å²) < 4.78 is 5.39. The quantitative estimate of drug-likeness (QED) is 0.780. The van der Waals surface area contributed by atoms with Gasteiger partial charge in [-0.15, -0.1) is 11.8 Å². The van der Waals surface area contributed by atoms with Crippen molar-refractivity contribution >= 4 is 28.7 Å². The van der Waals surface area contributed by atoms with Crippen LogP contribution in [-0.4, -0.2) is 20.4 Å². The largest absolute Gasteiger partial charge is 0.497 e. The SMILES string of the molecule is COc1ccc2c(c1)N(C)c1ccccc1/C2=C(\C)SC. The molecule has 1 aliphatic heterocycles. The topological polar surface area (TPSA) is 12.5 Å². The van der Waals surface area contributed by atoms with Gasteiger partial charge in [0.15, 0.2) is 0 Å². The second-order valence-corrected chi connectivity index (χ2v) is 6.12. The van der Waals surface area contributed by atoms with E-state index in [0.29, 0.717) is 0 Å². The summed E-state index contributed by atoms with van der Waals surface area (Å²) >= 11 is 1.80. The number of thioether (sulfide) groups is 1. The van der Waals surface area contributed by atoms with E-state index < -0.39 is 0 Å². The lowest BCUT2D eigenvalue weighted by molar-refractivity contribution is 0.415. The van der Waals surface area contributed by atoms with Gasteiger partial charge in [-0.05, 0) is 36.3 Å². The number of nitrogens with zero attached hydrogens (tertiary/aromatic N) is 1. The number of rotatable bonds is 2. The normalized spacial score (nSPS) is 15.3. The van der Waals surface area contributed by atoms with Crippen molar-refractivity contribution in [2.24, 2.45) is 0 Å². The molecule has 0 amide bonds. The summed E-state index contributed by atoms with van der Waals surface area (Å²) in [6.45, 7) is 2.19. The second kappa shape index (κ2) is 5.49. The number of ether oxygens (including phenoxy) is 1. The Kier molecular flexibility index (Phi) is 3.68. The van der Waals surface area contributed by atoms with Crippen LogP contribution in [0.4, 0.5) is 11.4 Å². The van der Waals surface area contributed by atoms with Gasteiger partial charge in [0.25, 0.3) is 0 Å². The third-order valence-corrected chi connectivity index (χ3v) is 4.85. The molecule has 0 unspecified atom stereocenters. The Labute approximate surface area is 130 Å². The third kappa shape index (κ3) is 2.22. The van der Waals surface area contributed by atoms with E-state index in [1.807, 2.05) is 6.07 Å². The van der Waals surface area contributed by atoms with Crippen molar-refractivity contribution < 1.29 is 4.74 Å². The van der Waals surface area contributed by atoms with Crippen LogP contribution in [0, 0.1) is 0 Å². The number of allylic oxidation sites excluding steroid dienone is 1. The molecule has 2 aromatic rings. The van der Waals surface area contributed by atoms with Crippen LogP contribution in [0.25, 0.3) is 5.57 Å². The molecule has 2 nitrogen and oxygen atoms in total. The molecule has 1 aliphatic rings. The number of hydrogen-bond acceptors (Lipinski definition) is 3. The fraction of sp³-hybridized carbons (Fsp3) is 0.222. The van der Waals surface area contributed by atoms with Crippen molar-refractivity contribution in [1.82, 2.24) is 0 Å². The Balaban J connectivity index is 2.32. The van der Waals surface area contributed by atoms with E-state index in [9.17, 15) is 0 Å². The van der Waals surface area contributed by atoms with Crippen LogP contribution >= 0.6 is 11.8 Å². The molecule has 0 saturated heterocycles. The van der Waals surface area contributed by atoms with Crippen molar-refractivity contribution in [3.05, 3.63) is 58.5 Å². The number of methoxy groups -OCH3 is 1. The van der Waals surface area contributed by atoms with E-state index in [0.717, 1.165) is 5.75 Å². The highest BCUT2D eigenvalue weighted by Gasteiger charge is 2.25. The number of benzene rings is 2. The fourth-order valence-corrected chi connectivity index (χ4v) is 3.29. The summed E-state index contributed by atoms with van der Waals surface area (Å²) in [6, 6.07) is 14.9. The predicted octanol–water partition coefficient (Wildman–Crippen LogP) is 4.92. The van der Waals surface area contributed by atoms with E-state index in [4.69, 9.17) is 4.74 Å². The molecule has 0 N–H and O–H groups in total. The Hall–Kier alpha value is -1.87. The van der Waals surface area contributed by atoms with E-state index in [1.165, 1.54) is 33.0 Å². The zero-order valence-corrected chi connectivity index (χ0v) is 13.6. The average molecular weight is 297 g/mol. The first kappa shape index (κ1) is 14.1. The van der Waals surface area contributed by atoms with Gasteiger partial charge in [0, 0.05) is 35.5 Å². The van der Waals surface area contributed by atoms with Crippen LogP contribution in [-0.2, 0) is 0 Å². The fourth-order valence-electron chi connectivity index (χ4n) is 2.86. The minimum Gasteiger partial charge on any atom is -0.497 e. The van der Waals surface area contributed by atoms with Crippen LogP contribution in [0.3, 0.4) is 0 Å². The highest BCUT2D eigenvalue weighted by molar-refractivity contribution is 8.02. The summed E-state index contributed by atoms with van der Waals surface area (Å²) in [5.41, 5.74) is 6.32. The van der Waals surface area contributed by atoms with E-state index in [-0.39, 0.29) is 0 Å². The van der Waals surface area contributed by atoms with Crippen molar-refractivity contribution in [3.8, 4) is 5.75 Å². The summed E-state index contributed by atoms with van der Waals surface area (Å²) in [4.78, 5) is 3.58. The zero-order valence-electron chi connectivity index (χ0n) is 12.8. The minimum atomic E-state index is 0.890. The van der Waals surface area contributed by atoms with Crippen LogP contribution in [0.2, 0.25) is 0 Å². The van der Waals surface area contributed by atoms with Gasteiger partial charge in [-0.2, -0.15) is 0 Å². The molecule has 0 atom stereocenters. The van der Waals surface area contributed by atoms with Gasteiger partial charge in [0.05, 0.1) is 12.8 Å². The molecule has 0 saturated carbocycles. The first-order chi connectivity index (χ1) is 10.2. The zero-order chi connectivity index (χ0) is 15.0. The standard InChI is InChI=1S/C18H19NOS/c1-12(21-4)18-14-7-5-6-8-16(14)19(2)17-11-13(20-3)9-10-15(17)18/h5-11H,1-4H3/b18-12-. The molecule has 0 aliphatic carbocycles. The van der Waals surface area contributed by atoms with Crippen LogP contribution < -0.4 is 9.64 Å². The maximum absolute atomic E-state index is 5.39. The van der Waals surface area contributed by atoms with Crippen molar-refractivity contribution in [3.63, 3.8) is 0 Å². The summed E-state index contributed by atoms with van der Waals surface area (Å²) in [5.74, 6) is 0.890. The lowest BCUT2D eigenvalue weighted by Crippen LogP contribution is -2.18. The lowest BCUT2D eigenvalue weighted by Gasteiger charge is -2.32. The van der Waals surface area contributed by atoms with Crippen molar-refractivity contribution in [2.45, 2.75) is 6.92 Å². The Bertz CT molecular complexity index is 721. The Morgan fingerprint density at radius 1 is 1.05 bits per heavy atom. The highest BCUT2D eigenvalue weighted by atomic mass is 32.2. The summed E-state index contributed by atoms with van der Waals surface area (Å²) in [7, 11) is 3.82. The molecule has 0 fully saturated rings. The molecule has 2 aromatic carbocycles. The van der Waals surface area contributed by atoms with Gasteiger partial charge in [-0.25, -0.2) is 0 Å². The summed E-state index contributed by atoms with van der Waals surface area (Å²) in [6.07, 6.45) is 2.13. The maximum atomic E-state index is 5.39. The predicted molar refractivity (Wildman–Crippen MR) is 92.7 cm³/mol. The minimum absolute atomic E-state index is 0.890. The Morgan fingerprint density at radius 2 is 1.76 bits per heavy atom. The molecule has 0 radical (unpaired) electrons. The molecular formula is C18H19NOS. The van der Waals surface area contributed by atoms with E-state index in [1.54, 1.807) is 18.9 Å². The molecule has 3 heteroatoms. The molecule has 0 aromatic heterocycles. The van der Waals surface area contributed by atoms with Gasteiger partial charge in [0.1, 0.15) is 5.75 Å². The monoisotopic (exact) mass is 297 g/mol. The molecule has 108 valence electrons. The number of fused-ring (bicyclic) bond motifs is 2. The number of hydrogen-bond donors (Lipinski definition) is 0. The second-order valence-electron chi connectivity index (χ2n) is 5.09. The molecule has 1 heterocycles. The molecule has 3 rings (SSSR count). The van der Waals surface area contributed by atoms with Crippen LogP contribution in [0.1, 0.15) is 18.1 Å². The maximum Gasteiger partial charge on any atom is 0.120 e. The average Bonchev–Trinajstić information content (AvgIpc) is 2.54. The van der Waals surface area contributed by atoms with Gasteiger partial charge in [0.2, 0.25) is 0 Å². The van der Waals surface area contributed by atoms with Gasteiger partial charge in [-0.3, -0.25) is 0 Å². The van der Waals surface area contributed by atoms with Gasteiger partial charge >= 0.3 is 0 Å². The molecule has 0 spiro atoms. The van der Waals surface area contributed by atoms with Crippen molar-refractivity contribution in [1.29, 1.82) is 0 Å². The van der Waals surface area contributed by atoms with E-state index in [2.05, 4.69) is 61.5 Å². The lowest BCUT2D eigenvalue weighted by atomic mass is 9.90. The van der Waals surface area contributed by atoms with Crippen molar-refractivity contribution in [2.75, 3.05) is 25.3 Å². The first-order valence-electron chi connectivity index (χ1n) is 6.93.